The third-order valence-electron chi connectivity index (χ3n) is 2.96. The molecule has 0 radical (unpaired) electrons. The van der Waals surface area contributed by atoms with E-state index in [0.29, 0.717) is 16.9 Å². The number of benzene rings is 1. The summed E-state index contributed by atoms with van der Waals surface area (Å²) in [5, 5.41) is 9.94. The summed E-state index contributed by atoms with van der Waals surface area (Å²) >= 11 is 0. The highest BCUT2D eigenvalue weighted by Gasteiger charge is 2.19. The minimum absolute atomic E-state index is 0.0781. The summed E-state index contributed by atoms with van der Waals surface area (Å²) in [5.41, 5.74) is 1.08. The molecule has 0 aliphatic heterocycles. The van der Waals surface area contributed by atoms with Gasteiger partial charge in [-0.2, -0.15) is 0 Å². The van der Waals surface area contributed by atoms with E-state index in [2.05, 4.69) is 0 Å². The van der Waals surface area contributed by atoms with Crippen LogP contribution in [0.15, 0.2) is 51.5 Å². The molecule has 0 atom stereocenters. The molecule has 1 N–H and O–H groups in total. The Balaban J connectivity index is 1.85. The lowest BCUT2D eigenvalue weighted by Crippen LogP contribution is -2.01. The minimum Gasteiger partial charge on any atom is -0.475 e. The van der Waals surface area contributed by atoms with Crippen LogP contribution in [0.3, 0.4) is 0 Å². The fourth-order valence-electron chi connectivity index (χ4n) is 2.06. The number of aromatic carboxylic acids is 1. The number of hydrogen-bond acceptors (Lipinski definition) is 4. The van der Waals surface area contributed by atoms with Gasteiger partial charge in [-0.3, -0.25) is 0 Å². The topological polar surface area (TPSA) is 72.8 Å². The maximum atomic E-state index is 11.2. The highest BCUT2D eigenvalue weighted by atomic mass is 16.5. The highest BCUT2D eigenvalue weighted by molar-refractivity contribution is 5.94. The first-order valence-electron chi connectivity index (χ1n) is 6.09. The molecule has 5 nitrogen and oxygen atoms in total. The summed E-state index contributed by atoms with van der Waals surface area (Å²) < 4.78 is 16.0. The standard InChI is InChI=1S/C15H12O5/c16-15(17)14-12(9-18-8-10-4-3-7-19-10)11-5-1-2-6-13(11)20-14/h1-7H,8-9H2,(H,16,17). The van der Waals surface area contributed by atoms with Crippen molar-refractivity contribution in [3.8, 4) is 0 Å². The van der Waals surface area contributed by atoms with E-state index < -0.39 is 5.97 Å². The summed E-state index contributed by atoms with van der Waals surface area (Å²) in [6.07, 6.45) is 1.56. The predicted octanol–water partition coefficient (Wildman–Crippen LogP) is 3.44. The fraction of sp³-hybridized carbons (Fsp3) is 0.133. The lowest BCUT2D eigenvalue weighted by molar-refractivity contribution is 0.0644. The second kappa shape index (κ2) is 5.22. The highest BCUT2D eigenvalue weighted by Crippen LogP contribution is 2.26. The molecule has 0 amide bonds. The van der Waals surface area contributed by atoms with Gasteiger partial charge in [-0.1, -0.05) is 18.2 Å². The molecule has 0 aliphatic rings. The van der Waals surface area contributed by atoms with Gasteiger partial charge >= 0.3 is 5.97 Å². The van der Waals surface area contributed by atoms with Gasteiger partial charge in [-0.05, 0) is 18.2 Å². The number of furan rings is 2. The zero-order chi connectivity index (χ0) is 13.9. The van der Waals surface area contributed by atoms with Crippen molar-refractivity contribution in [1.29, 1.82) is 0 Å². The van der Waals surface area contributed by atoms with Gasteiger partial charge in [0.05, 0.1) is 12.9 Å². The third-order valence-corrected chi connectivity index (χ3v) is 2.96. The molecule has 2 heterocycles. The summed E-state index contributed by atoms with van der Waals surface area (Å²) in [7, 11) is 0. The van der Waals surface area contributed by atoms with Crippen LogP contribution in [0, 0.1) is 0 Å². The summed E-state index contributed by atoms with van der Waals surface area (Å²) in [5.74, 6) is -0.488. The molecule has 0 saturated carbocycles. The largest absolute Gasteiger partial charge is 0.475 e. The van der Waals surface area contributed by atoms with Crippen molar-refractivity contribution in [2.75, 3.05) is 0 Å². The Labute approximate surface area is 114 Å². The summed E-state index contributed by atoms with van der Waals surface area (Å²) in [6, 6.07) is 10.7. The first kappa shape index (κ1) is 12.5. The maximum absolute atomic E-state index is 11.2. The molecule has 0 fully saturated rings. The average Bonchev–Trinajstić information content (AvgIpc) is 3.07. The molecule has 5 heteroatoms. The summed E-state index contributed by atoms with van der Waals surface area (Å²) in [4.78, 5) is 11.2. The van der Waals surface area contributed by atoms with Crippen molar-refractivity contribution < 1.29 is 23.5 Å². The molecule has 0 unspecified atom stereocenters. The monoisotopic (exact) mass is 272 g/mol. The van der Waals surface area contributed by atoms with Gasteiger partial charge in [-0.25, -0.2) is 4.79 Å². The average molecular weight is 272 g/mol. The lowest BCUT2D eigenvalue weighted by atomic mass is 10.1. The second-order valence-electron chi connectivity index (χ2n) is 4.28. The normalized spacial score (nSPS) is 11.0. The van der Waals surface area contributed by atoms with Crippen molar-refractivity contribution in [3.63, 3.8) is 0 Å². The number of rotatable bonds is 5. The second-order valence-corrected chi connectivity index (χ2v) is 4.28. The molecule has 0 spiro atoms. The van der Waals surface area contributed by atoms with E-state index >= 15 is 0 Å². The Bertz CT molecular complexity index is 724. The van der Waals surface area contributed by atoms with Gasteiger partial charge in [0, 0.05) is 10.9 Å². The number of ether oxygens (including phenoxy) is 1. The predicted molar refractivity (Wildman–Crippen MR) is 70.4 cm³/mol. The molecule has 20 heavy (non-hydrogen) atoms. The Kier molecular flexibility index (Phi) is 3.26. The van der Waals surface area contributed by atoms with E-state index in [1.807, 2.05) is 12.1 Å². The summed E-state index contributed by atoms with van der Waals surface area (Å²) in [6.45, 7) is 0.435. The van der Waals surface area contributed by atoms with Crippen LogP contribution < -0.4 is 0 Å². The van der Waals surface area contributed by atoms with Crippen LogP contribution in [0.5, 0.6) is 0 Å². The van der Waals surface area contributed by atoms with Gasteiger partial charge in [-0.15, -0.1) is 0 Å². The van der Waals surface area contributed by atoms with E-state index in [0.717, 1.165) is 5.39 Å². The van der Waals surface area contributed by atoms with E-state index in [1.165, 1.54) is 0 Å². The van der Waals surface area contributed by atoms with Crippen LogP contribution >= 0.6 is 0 Å². The Morgan fingerprint density at radius 1 is 1.15 bits per heavy atom. The van der Waals surface area contributed by atoms with Gasteiger partial charge in [0.2, 0.25) is 5.76 Å². The van der Waals surface area contributed by atoms with E-state index in [9.17, 15) is 9.90 Å². The van der Waals surface area contributed by atoms with Crippen LogP contribution in [0.2, 0.25) is 0 Å². The molecule has 3 aromatic rings. The number of carboxylic acid groups (broad SMARTS) is 1. The molecule has 3 rings (SSSR count). The number of carboxylic acids is 1. The van der Waals surface area contributed by atoms with Crippen LogP contribution in [0.25, 0.3) is 11.0 Å². The molecule has 102 valence electrons. The van der Waals surface area contributed by atoms with E-state index in [1.54, 1.807) is 30.5 Å². The molecule has 1 aromatic carbocycles. The number of para-hydroxylation sites is 1. The number of fused-ring (bicyclic) bond motifs is 1. The molecule has 0 saturated heterocycles. The van der Waals surface area contributed by atoms with Gasteiger partial charge < -0.3 is 18.7 Å². The van der Waals surface area contributed by atoms with E-state index in [4.69, 9.17) is 13.6 Å². The number of hydrogen-bond donors (Lipinski definition) is 1. The minimum atomic E-state index is -1.10. The molecule has 0 aliphatic carbocycles. The van der Waals surface area contributed by atoms with Crippen molar-refractivity contribution in [2.24, 2.45) is 0 Å². The fourth-order valence-corrected chi connectivity index (χ4v) is 2.06. The van der Waals surface area contributed by atoms with Crippen LogP contribution in [-0.4, -0.2) is 11.1 Å². The van der Waals surface area contributed by atoms with Crippen LogP contribution in [0.4, 0.5) is 0 Å². The Morgan fingerprint density at radius 3 is 2.75 bits per heavy atom. The van der Waals surface area contributed by atoms with Gasteiger partial charge in [0.1, 0.15) is 18.0 Å². The van der Waals surface area contributed by atoms with Gasteiger partial charge in [0.15, 0.2) is 0 Å². The quantitative estimate of drug-likeness (QED) is 0.770. The van der Waals surface area contributed by atoms with Crippen molar-refractivity contribution in [1.82, 2.24) is 0 Å². The zero-order valence-electron chi connectivity index (χ0n) is 10.5. The van der Waals surface area contributed by atoms with Gasteiger partial charge in [0.25, 0.3) is 0 Å². The third kappa shape index (κ3) is 2.31. The van der Waals surface area contributed by atoms with Crippen LogP contribution in [0.1, 0.15) is 21.9 Å². The Morgan fingerprint density at radius 2 is 2.00 bits per heavy atom. The first-order valence-corrected chi connectivity index (χ1v) is 6.09. The smallest absolute Gasteiger partial charge is 0.372 e. The van der Waals surface area contributed by atoms with Crippen molar-refractivity contribution in [3.05, 3.63) is 59.7 Å². The zero-order valence-corrected chi connectivity index (χ0v) is 10.5. The molecule has 0 bridgehead atoms. The molecular formula is C15H12O5. The van der Waals surface area contributed by atoms with Crippen molar-refractivity contribution in [2.45, 2.75) is 13.2 Å². The van der Waals surface area contributed by atoms with Crippen molar-refractivity contribution >= 4 is 16.9 Å². The molecule has 2 aromatic heterocycles. The SMILES string of the molecule is O=C(O)c1oc2ccccc2c1COCc1ccco1. The molecular weight excluding hydrogens is 260 g/mol. The Hall–Kier alpha value is -2.53. The first-order chi connectivity index (χ1) is 9.75. The van der Waals surface area contributed by atoms with E-state index in [-0.39, 0.29) is 19.0 Å². The number of carbonyl (C=O) groups is 1. The lowest BCUT2D eigenvalue weighted by Gasteiger charge is -2.02. The van der Waals surface area contributed by atoms with Crippen LogP contribution in [-0.2, 0) is 18.0 Å². The maximum Gasteiger partial charge on any atom is 0.372 e.